The first-order valence-corrected chi connectivity index (χ1v) is 9.15. The van der Waals surface area contributed by atoms with E-state index in [4.69, 9.17) is 5.73 Å². The first kappa shape index (κ1) is 18.9. The van der Waals surface area contributed by atoms with Gasteiger partial charge < -0.3 is 16.0 Å². The maximum Gasteiger partial charge on any atom is 0.353 e. The molecule has 1 fully saturated rings. The molecule has 1 aliphatic rings. The van der Waals surface area contributed by atoms with E-state index in [0.29, 0.717) is 24.9 Å². The van der Waals surface area contributed by atoms with Gasteiger partial charge in [-0.25, -0.2) is 0 Å². The minimum atomic E-state index is -0.492. The number of nitrogens with two attached hydrogens (primary N) is 1. The highest BCUT2D eigenvalue weighted by Gasteiger charge is 2.31. The Morgan fingerprint density at radius 1 is 1.19 bits per heavy atom. The molecule has 0 aliphatic carbocycles. The van der Waals surface area contributed by atoms with Crippen LogP contribution >= 0.6 is 0 Å². The van der Waals surface area contributed by atoms with Crippen molar-refractivity contribution in [2.45, 2.75) is 34.1 Å². The minimum Gasteiger partial charge on any atom is -0.378 e. The number of nitrogens with zero attached hydrogens (tertiary/aromatic N) is 4. The summed E-state index contributed by atoms with van der Waals surface area (Å²) in [5.41, 5.74) is 8.86. The molecular formula is C19H26N6O2. The first-order chi connectivity index (χ1) is 12.7. The van der Waals surface area contributed by atoms with Gasteiger partial charge >= 0.3 is 5.69 Å². The Morgan fingerprint density at radius 3 is 2.44 bits per heavy atom. The second-order valence-electron chi connectivity index (χ2n) is 7.64. The van der Waals surface area contributed by atoms with Crippen molar-refractivity contribution >= 4 is 29.0 Å². The van der Waals surface area contributed by atoms with Gasteiger partial charge in [-0.15, -0.1) is 0 Å². The fourth-order valence-corrected chi connectivity index (χ4v) is 3.70. The minimum absolute atomic E-state index is 0.123. The van der Waals surface area contributed by atoms with E-state index in [2.05, 4.69) is 29.1 Å². The van der Waals surface area contributed by atoms with Gasteiger partial charge in [-0.3, -0.25) is 10.1 Å². The molecule has 0 spiro atoms. The highest BCUT2D eigenvalue weighted by Crippen LogP contribution is 2.36. The Hall–Kier alpha value is -2.90. The molecule has 1 aliphatic heterocycles. The van der Waals surface area contributed by atoms with Crippen LogP contribution in [-0.4, -0.2) is 28.0 Å². The van der Waals surface area contributed by atoms with Crippen LogP contribution in [0.15, 0.2) is 18.2 Å². The number of aryl methyl sites for hydroxylation is 2. The van der Waals surface area contributed by atoms with Gasteiger partial charge in [0.05, 0.1) is 4.92 Å². The number of aromatic nitrogens is 2. The molecular weight excluding hydrogens is 344 g/mol. The summed E-state index contributed by atoms with van der Waals surface area (Å²) >= 11 is 0. The lowest BCUT2D eigenvalue weighted by Gasteiger charge is -2.35. The molecule has 0 amide bonds. The molecule has 0 radical (unpaired) electrons. The molecule has 0 unspecified atom stereocenters. The van der Waals surface area contributed by atoms with E-state index in [1.54, 1.807) is 0 Å². The maximum absolute atomic E-state index is 11.6. The van der Waals surface area contributed by atoms with Crippen LogP contribution < -0.4 is 16.0 Å². The number of piperidine rings is 1. The molecule has 2 aromatic rings. The predicted molar refractivity (Wildman–Crippen MR) is 107 cm³/mol. The molecule has 144 valence electrons. The van der Waals surface area contributed by atoms with E-state index in [0.717, 1.165) is 17.7 Å². The SMILES string of the molecule is Cc1ccc(Nc2nc(N)c([N+](=O)[O-])c(N3C[C@@H](C)C[C@H](C)C3)n2)cc1C. The van der Waals surface area contributed by atoms with Gasteiger partial charge in [-0.05, 0) is 55.4 Å². The Morgan fingerprint density at radius 2 is 1.85 bits per heavy atom. The number of nitrogen functional groups attached to an aromatic ring is 1. The van der Waals surface area contributed by atoms with Gasteiger partial charge in [-0.2, -0.15) is 9.97 Å². The molecule has 3 N–H and O–H groups in total. The third-order valence-corrected chi connectivity index (χ3v) is 5.01. The van der Waals surface area contributed by atoms with Gasteiger partial charge in [-0.1, -0.05) is 19.9 Å². The van der Waals surface area contributed by atoms with Crippen LogP contribution in [0, 0.1) is 35.8 Å². The van der Waals surface area contributed by atoms with Crippen LogP contribution in [0.5, 0.6) is 0 Å². The van der Waals surface area contributed by atoms with Gasteiger partial charge in [0.2, 0.25) is 17.6 Å². The second kappa shape index (κ2) is 7.38. The van der Waals surface area contributed by atoms with E-state index < -0.39 is 4.92 Å². The first-order valence-electron chi connectivity index (χ1n) is 9.15. The van der Waals surface area contributed by atoms with Crippen LogP contribution in [-0.2, 0) is 0 Å². The molecule has 3 rings (SSSR count). The van der Waals surface area contributed by atoms with Gasteiger partial charge in [0.15, 0.2) is 0 Å². The standard InChI is InChI=1S/C19H26N6O2/c1-11-7-12(2)10-24(9-11)18-16(25(26)27)17(20)22-19(23-18)21-15-6-5-13(3)14(4)8-15/h5-6,8,11-12H,7,9-10H2,1-4H3,(H3,20,21,22,23)/t11-,12-/m0/s1. The lowest BCUT2D eigenvalue weighted by Crippen LogP contribution is -2.39. The molecule has 8 heteroatoms. The molecule has 0 bridgehead atoms. The van der Waals surface area contributed by atoms with Crippen LogP contribution in [0.1, 0.15) is 31.4 Å². The van der Waals surface area contributed by atoms with E-state index >= 15 is 0 Å². The monoisotopic (exact) mass is 370 g/mol. The average molecular weight is 370 g/mol. The highest BCUT2D eigenvalue weighted by atomic mass is 16.6. The zero-order valence-corrected chi connectivity index (χ0v) is 16.2. The van der Waals surface area contributed by atoms with Gasteiger partial charge in [0.1, 0.15) is 0 Å². The van der Waals surface area contributed by atoms with Crippen molar-refractivity contribution in [1.29, 1.82) is 0 Å². The van der Waals surface area contributed by atoms with Crippen molar-refractivity contribution in [2.24, 2.45) is 11.8 Å². The number of benzene rings is 1. The molecule has 1 aromatic carbocycles. The quantitative estimate of drug-likeness (QED) is 0.622. The fourth-order valence-electron chi connectivity index (χ4n) is 3.70. The van der Waals surface area contributed by atoms with Crippen LogP contribution in [0.3, 0.4) is 0 Å². The lowest BCUT2D eigenvalue weighted by molar-refractivity contribution is -0.383. The maximum atomic E-state index is 11.6. The number of hydrogen-bond acceptors (Lipinski definition) is 7. The number of rotatable bonds is 4. The van der Waals surface area contributed by atoms with Crippen molar-refractivity contribution in [3.05, 3.63) is 39.4 Å². The third kappa shape index (κ3) is 4.10. The molecule has 27 heavy (non-hydrogen) atoms. The van der Waals surface area contributed by atoms with Gasteiger partial charge in [0.25, 0.3) is 0 Å². The second-order valence-corrected chi connectivity index (χ2v) is 7.64. The van der Waals surface area contributed by atoms with E-state index in [1.165, 1.54) is 5.56 Å². The van der Waals surface area contributed by atoms with Crippen molar-refractivity contribution in [2.75, 3.05) is 29.0 Å². The molecule has 8 nitrogen and oxygen atoms in total. The zero-order valence-electron chi connectivity index (χ0n) is 16.2. The Balaban J connectivity index is 2.00. The largest absolute Gasteiger partial charge is 0.378 e. The lowest BCUT2D eigenvalue weighted by atomic mass is 9.92. The fraction of sp³-hybridized carbons (Fsp3) is 0.474. The van der Waals surface area contributed by atoms with Crippen molar-refractivity contribution in [1.82, 2.24) is 9.97 Å². The normalized spacial score (nSPS) is 19.8. The van der Waals surface area contributed by atoms with Crippen molar-refractivity contribution in [3.63, 3.8) is 0 Å². The Kier molecular flexibility index (Phi) is 5.16. The van der Waals surface area contributed by atoms with E-state index in [9.17, 15) is 10.1 Å². The van der Waals surface area contributed by atoms with Gasteiger partial charge in [0, 0.05) is 18.8 Å². The van der Waals surface area contributed by atoms with Crippen LogP contribution in [0.2, 0.25) is 0 Å². The Labute approximate surface area is 159 Å². The highest BCUT2D eigenvalue weighted by molar-refractivity contribution is 5.72. The molecule has 1 aromatic heterocycles. The topological polar surface area (TPSA) is 110 Å². The summed E-state index contributed by atoms with van der Waals surface area (Å²) in [4.78, 5) is 21.7. The van der Waals surface area contributed by atoms with Crippen molar-refractivity contribution in [3.8, 4) is 0 Å². The van der Waals surface area contributed by atoms with Crippen LogP contribution in [0.4, 0.5) is 29.0 Å². The molecule has 0 saturated carbocycles. The molecule has 2 atom stereocenters. The predicted octanol–water partition coefficient (Wildman–Crippen LogP) is 3.81. The summed E-state index contributed by atoms with van der Waals surface area (Å²) in [6, 6.07) is 5.91. The summed E-state index contributed by atoms with van der Waals surface area (Å²) in [7, 11) is 0. The smallest absolute Gasteiger partial charge is 0.353 e. The number of nitro groups is 1. The van der Waals surface area contributed by atoms with E-state index in [1.807, 2.05) is 36.9 Å². The summed E-state index contributed by atoms with van der Waals surface area (Å²) in [6.45, 7) is 9.78. The number of anilines is 4. The summed E-state index contributed by atoms with van der Waals surface area (Å²) in [5, 5.41) is 14.7. The summed E-state index contributed by atoms with van der Waals surface area (Å²) in [6.07, 6.45) is 1.10. The number of nitrogens with one attached hydrogen (secondary N) is 1. The average Bonchev–Trinajstić information content (AvgIpc) is 2.56. The number of hydrogen-bond donors (Lipinski definition) is 2. The summed E-state index contributed by atoms with van der Waals surface area (Å²) < 4.78 is 0. The van der Waals surface area contributed by atoms with Crippen molar-refractivity contribution < 1.29 is 4.92 Å². The Bertz CT molecular complexity index is 860. The molecule has 2 heterocycles. The summed E-state index contributed by atoms with van der Waals surface area (Å²) in [5.74, 6) is 1.29. The van der Waals surface area contributed by atoms with E-state index in [-0.39, 0.29) is 23.3 Å². The third-order valence-electron chi connectivity index (χ3n) is 5.01. The molecule has 1 saturated heterocycles. The zero-order chi connectivity index (χ0) is 19.7. The van der Waals surface area contributed by atoms with Crippen LogP contribution in [0.25, 0.3) is 0 Å².